The second-order valence-electron chi connectivity index (χ2n) is 2.24. The normalized spacial score (nSPS) is 9.33. The number of nitrogens with zero attached hydrogens (tertiary/aromatic N) is 1. The maximum Gasteiger partial charge on any atom is 0.191 e. The molecule has 12 heavy (non-hydrogen) atoms. The number of nitrogens with one attached hydrogen (secondary N) is 1. The Labute approximate surface area is 74.9 Å². The zero-order chi connectivity index (χ0) is 7.68. The average Bonchev–Trinajstić information content (AvgIpc) is 2.06. The fourth-order valence-electron chi connectivity index (χ4n) is 1.01. The molecular formula is C8H7ClN2O. The smallest absolute Gasteiger partial charge is 0.191 e. The summed E-state index contributed by atoms with van der Waals surface area (Å²) in [6.45, 7) is 0. The van der Waals surface area contributed by atoms with E-state index in [9.17, 15) is 4.79 Å². The highest BCUT2D eigenvalue weighted by Gasteiger charge is 1.94. The summed E-state index contributed by atoms with van der Waals surface area (Å²) in [5, 5.41) is 0.634. The molecule has 0 amide bonds. The molecule has 0 saturated carbocycles. The predicted molar refractivity (Wildman–Crippen MR) is 49.6 cm³/mol. The zero-order valence-corrected chi connectivity index (χ0v) is 6.97. The van der Waals surface area contributed by atoms with Gasteiger partial charge in [0.2, 0.25) is 0 Å². The summed E-state index contributed by atoms with van der Waals surface area (Å²) in [5.74, 6) is 0. The largest absolute Gasteiger partial charge is 0.346 e. The first-order valence-electron chi connectivity index (χ1n) is 3.30. The van der Waals surface area contributed by atoms with E-state index in [1.165, 1.54) is 6.07 Å². The Balaban J connectivity index is 0.000000720. The Morgan fingerprint density at radius 3 is 2.92 bits per heavy atom. The Morgan fingerprint density at radius 1 is 1.33 bits per heavy atom. The van der Waals surface area contributed by atoms with Crippen LogP contribution < -0.4 is 5.43 Å². The van der Waals surface area contributed by atoms with E-state index in [4.69, 9.17) is 0 Å². The van der Waals surface area contributed by atoms with E-state index < -0.39 is 0 Å². The molecule has 0 radical (unpaired) electrons. The van der Waals surface area contributed by atoms with Crippen LogP contribution in [0, 0.1) is 0 Å². The number of hydrogen-bond acceptors (Lipinski definition) is 2. The van der Waals surface area contributed by atoms with E-state index in [0.717, 1.165) is 0 Å². The monoisotopic (exact) mass is 182 g/mol. The quantitative estimate of drug-likeness (QED) is 0.669. The minimum absolute atomic E-state index is 0. The molecule has 0 unspecified atom stereocenters. The van der Waals surface area contributed by atoms with Crippen LogP contribution in [0.25, 0.3) is 11.0 Å². The van der Waals surface area contributed by atoms with Crippen LogP contribution in [0.4, 0.5) is 0 Å². The lowest BCUT2D eigenvalue weighted by atomic mass is 10.3. The molecule has 0 aromatic carbocycles. The number of halogens is 1. The standard InChI is InChI=1S/C8H6N2O.ClH/c11-7-3-5-10-8-6(7)2-1-4-9-8;/h1-5H,(H,9,10,11);1H. The molecule has 0 fully saturated rings. The first-order chi connectivity index (χ1) is 5.38. The molecule has 1 N–H and O–H groups in total. The summed E-state index contributed by atoms with van der Waals surface area (Å²) < 4.78 is 0. The van der Waals surface area contributed by atoms with Crippen LogP contribution in [0.2, 0.25) is 0 Å². The van der Waals surface area contributed by atoms with E-state index in [2.05, 4.69) is 9.97 Å². The van der Waals surface area contributed by atoms with E-state index >= 15 is 0 Å². The van der Waals surface area contributed by atoms with Gasteiger partial charge in [-0.15, -0.1) is 12.4 Å². The fourth-order valence-corrected chi connectivity index (χ4v) is 1.01. The Hall–Kier alpha value is -1.35. The highest BCUT2D eigenvalue weighted by molar-refractivity contribution is 5.85. The summed E-state index contributed by atoms with van der Waals surface area (Å²) in [4.78, 5) is 18.0. The van der Waals surface area contributed by atoms with Crippen molar-refractivity contribution in [3.05, 3.63) is 40.8 Å². The van der Waals surface area contributed by atoms with Crippen molar-refractivity contribution in [2.45, 2.75) is 0 Å². The van der Waals surface area contributed by atoms with Gasteiger partial charge in [0.15, 0.2) is 5.43 Å². The number of rotatable bonds is 0. The third-order valence-electron chi connectivity index (χ3n) is 1.53. The molecule has 4 heteroatoms. The molecular weight excluding hydrogens is 176 g/mol. The van der Waals surface area contributed by atoms with E-state index in [0.29, 0.717) is 11.0 Å². The molecule has 0 aliphatic carbocycles. The minimum Gasteiger partial charge on any atom is -0.346 e. The second kappa shape index (κ2) is 3.36. The Morgan fingerprint density at radius 2 is 2.17 bits per heavy atom. The zero-order valence-electron chi connectivity index (χ0n) is 6.15. The maximum atomic E-state index is 11.1. The summed E-state index contributed by atoms with van der Waals surface area (Å²) in [5.41, 5.74) is 0.645. The number of aromatic nitrogens is 2. The Bertz CT molecular complexity index is 433. The van der Waals surface area contributed by atoms with Crippen molar-refractivity contribution < 1.29 is 0 Å². The maximum absolute atomic E-state index is 11.1. The van der Waals surface area contributed by atoms with Gasteiger partial charge in [-0.05, 0) is 12.1 Å². The van der Waals surface area contributed by atoms with Crippen molar-refractivity contribution in [1.29, 1.82) is 0 Å². The SMILES string of the molecule is Cl.O=c1cc[nH]c2ncccc12. The number of fused-ring (bicyclic) bond motifs is 1. The third kappa shape index (κ3) is 1.31. The van der Waals surface area contributed by atoms with Crippen molar-refractivity contribution in [2.24, 2.45) is 0 Å². The van der Waals surface area contributed by atoms with Crippen LogP contribution in [-0.2, 0) is 0 Å². The van der Waals surface area contributed by atoms with Gasteiger partial charge in [-0.1, -0.05) is 0 Å². The van der Waals surface area contributed by atoms with Gasteiger partial charge in [0.25, 0.3) is 0 Å². The van der Waals surface area contributed by atoms with Crippen molar-refractivity contribution in [3.8, 4) is 0 Å². The van der Waals surface area contributed by atoms with Gasteiger partial charge >= 0.3 is 0 Å². The predicted octanol–water partition coefficient (Wildman–Crippen LogP) is 1.34. The first kappa shape index (κ1) is 8.74. The molecule has 62 valence electrons. The molecule has 2 rings (SSSR count). The van der Waals surface area contributed by atoms with Gasteiger partial charge in [-0.3, -0.25) is 4.79 Å². The summed E-state index contributed by atoms with van der Waals surface area (Å²) >= 11 is 0. The van der Waals surface area contributed by atoms with Crippen molar-refractivity contribution in [3.63, 3.8) is 0 Å². The molecule has 2 aromatic heterocycles. The van der Waals surface area contributed by atoms with Gasteiger partial charge in [0.05, 0.1) is 5.39 Å². The van der Waals surface area contributed by atoms with Crippen LogP contribution in [0.15, 0.2) is 35.4 Å². The van der Waals surface area contributed by atoms with Gasteiger partial charge in [0, 0.05) is 18.5 Å². The van der Waals surface area contributed by atoms with E-state index in [1.807, 2.05) is 0 Å². The van der Waals surface area contributed by atoms with Crippen molar-refractivity contribution in [2.75, 3.05) is 0 Å². The van der Waals surface area contributed by atoms with Crippen LogP contribution in [0.5, 0.6) is 0 Å². The van der Waals surface area contributed by atoms with Crippen LogP contribution in [0.3, 0.4) is 0 Å². The lowest BCUT2D eigenvalue weighted by Crippen LogP contribution is -2.00. The number of hydrogen-bond donors (Lipinski definition) is 1. The number of aromatic amines is 1. The van der Waals surface area contributed by atoms with E-state index in [1.54, 1.807) is 24.5 Å². The third-order valence-corrected chi connectivity index (χ3v) is 1.53. The minimum atomic E-state index is 0. The van der Waals surface area contributed by atoms with Crippen molar-refractivity contribution in [1.82, 2.24) is 9.97 Å². The average molecular weight is 183 g/mol. The lowest BCUT2D eigenvalue weighted by Gasteiger charge is -1.91. The molecule has 0 bridgehead atoms. The fraction of sp³-hybridized carbons (Fsp3) is 0. The molecule has 3 nitrogen and oxygen atoms in total. The van der Waals surface area contributed by atoms with Crippen molar-refractivity contribution >= 4 is 23.4 Å². The molecule has 0 aliphatic heterocycles. The number of H-pyrrole nitrogens is 1. The molecule has 0 aliphatic rings. The van der Waals surface area contributed by atoms with Gasteiger partial charge < -0.3 is 4.98 Å². The molecule has 0 atom stereocenters. The highest BCUT2D eigenvalue weighted by atomic mass is 35.5. The summed E-state index contributed by atoms with van der Waals surface area (Å²) in [7, 11) is 0. The van der Waals surface area contributed by atoms with Crippen LogP contribution >= 0.6 is 12.4 Å². The summed E-state index contributed by atoms with van der Waals surface area (Å²) in [6.07, 6.45) is 3.25. The molecule has 0 spiro atoms. The molecule has 0 saturated heterocycles. The second-order valence-corrected chi connectivity index (χ2v) is 2.24. The first-order valence-corrected chi connectivity index (χ1v) is 3.30. The Kier molecular flexibility index (Phi) is 2.45. The topological polar surface area (TPSA) is 45.8 Å². The lowest BCUT2D eigenvalue weighted by molar-refractivity contribution is 1.28. The van der Waals surface area contributed by atoms with Gasteiger partial charge in [-0.25, -0.2) is 4.98 Å². The summed E-state index contributed by atoms with van der Waals surface area (Å²) in [6, 6.07) is 4.99. The molecule has 2 heterocycles. The van der Waals surface area contributed by atoms with E-state index in [-0.39, 0.29) is 17.8 Å². The van der Waals surface area contributed by atoms with Crippen LogP contribution in [0.1, 0.15) is 0 Å². The number of pyridine rings is 2. The highest BCUT2D eigenvalue weighted by Crippen LogP contribution is 1.99. The van der Waals surface area contributed by atoms with Gasteiger partial charge in [-0.2, -0.15) is 0 Å². The van der Waals surface area contributed by atoms with Gasteiger partial charge in [0.1, 0.15) is 5.65 Å². The molecule has 2 aromatic rings. The van der Waals surface area contributed by atoms with Crippen LogP contribution in [-0.4, -0.2) is 9.97 Å².